The molecular formula is C27H29NO10. The molecule has 0 bridgehead atoms. The molecule has 202 valence electrons. The number of esters is 4. The maximum Gasteiger partial charge on any atom is 0.342 e. The fourth-order valence-electron chi connectivity index (χ4n) is 4.24. The van der Waals surface area contributed by atoms with Crippen molar-refractivity contribution in [3.63, 3.8) is 0 Å². The van der Waals surface area contributed by atoms with Crippen LogP contribution < -0.4 is 21.4 Å². The summed E-state index contributed by atoms with van der Waals surface area (Å²) in [7, 11) is 4.18. The van der Waals surface area contributed by atoms with Gasteiger partial charge in [0.15, 0.2) is 5.42 Å². The van der Waals surface area contributed by atoms with E-state index in [2.05, 4.69) is 5.32 Å². The summed E-state index contributed by atoms with van der Waals surface area (Å²) in [5, 5.41) is 2.98. The molecule has 0 amide bonds. The van der Waals surface area contributed by atoms with Crippen LogP contribution in [-0.2, 0) is 38.1 Å². The summed E-state index contributed by atoms with van der Waals surface area (Å²) in [5.41, 5.74) is -2.93. The Morgan fingerprint density at radius 3 is 1.97 bits per heavy atom. The van der Waals surface area contributed by atoms with Crippen molar-refractivity contribution in [1.29, 1.82) is 0 Å². The van der Waals surface area contributed by atoms with Crippen molar-refractivity contribution in [2.75, 3.05) is 28.4 Å². The minimum atomic E-state index is -1.72. The van der Waals surface area contributed by atoms with E-state index in [1.54, 1.807) is 39.8 Å². The van der Waals surface area contributed by atoms with Crippen LogP contribution in [0.15, 0.2) is 38.6 Å². The van der Waals surface area contributed by atoms with E-state index in [9.17, 15) is 24.0 Å². The number of rotatable bonds is 5. The van der Waals surface area contributed by atoms with Crippen LogP contribution in [-0.4, -0.2) is 57.9 Å². The Hall–Kier alpha value is -4.41. The quantitative estimate of drug-likeness (QED) is 0.425. The predicted octanol–water partition coefficient (Wildman–Crippen LogP) is 0.367. The second kappa shape index (κ2) is 10.5. The van der Waals surface area contributed by atoms with Crippen LogP contribution in [0.3, 0.4) is 0 Å². The highest BCUT2D eigenvalue weighted by Gasteiger charge is 2.44. The molecule has 2 aromatic rings. The number of fused-ring (bicyclic) bond motifs is 2. The highest BCUT2D eigenvalue weighted by molar-refractivity contribution is 6.28. The summed E-state index contributed by atoms with van der Waals surface area (Å²) >= 11 is 0. The van der Waals surface area contributed by atoms with Gasteiger partial charge in [0.05, 0.1) is 50.2 Å². The van der Waals surface area contributed by atoms with Crippen LogP contribution in [0.25, 0.3) is 22.2 Å². The highest BCUT2D eigenvalue weighted by Crippen LogP contribution is 2.32. The molecule has 11 heteroatoms. The lowest BCUT2D eigenvalue weighted by atomic mass is 9.88. The number of hydrogen-bond acceptors (Lipinski definition) is 11. The molecule has 0 fully saturated rings. The van der Waals surface area contributed by atoms with Gasteiger partial charge >= 0.3 is 23.9 Å². The zero-order chi connectivity index (χ0) is 28.5. The minimum Gasteiger partial charge on any atom is -0.468 e. The number of benzene rings is 1. The lowest BCUT2D eigenvalue weighted by Crippen LogP contribution is -2.50. The van der Waals surface area contributed by atoms with Gasteiger partial charge in [-0.1, -0.05) is 6.07 Å². The predicted molar refractivity (Wildman–Crippen MR) is 135 cm³/mol. The molecule has 1 heterocycles. The van der Waals surface area contributed by atoms with Crippen molar-refractivity contribution in [1.82, 2.24) is 5.32 Å². The third kappa shape index (κ3) is 4.91. The standard InChI is InChI=1S/C27H29NO10/c1-12-9-10-13-14(11-12)38-22-18(26(33)37-8)16(24(31)35-6)15(23(30)34-5)17(25(32)36-7)20(19(22)21(13)29)28-27(2,3)4/h9-11,17,28H,1-8H3. The van der Waals surface area contributed by atoms with E-state index < -0.39 is 57.5 Å². The Kier molecular flexibility index (Phi) is 7.80. The fourth-order valence-corrected chi connectivity index (χ4v) is 4.24. The van der Waals surface area contributed by atoms with Gasteiger partial charge < -0.3 is 28.7 Å². The van der Waals surface area contributed by atoms with E-state index in [4.69, 9.17) is 23.4 Å². The summed E-state index contributed by atoms with van der Waals surface area (Å²) in [6, 6.07) is 4.81. The Labute approximate surface area is 217 Å². The van der Waals surface area contributed by atoms with Crippen molar-refractivity contribution < 1.29 is 42.5 Å². The van der Waals surface area contributed by atoms with Gasteiger partial charge in [0.1, 0.15) is 17.1 Å². The van der Waals surface area contributed by atoms with Crippen molar-refractivity contribution in [3.05, 3.63) is 55.8 Å². The van der Waals surface area contributed by atoms with Gasteiger partial charge in [-0.2, -0.15) is 0 Å². The number of hydrogen-bond donors (Lipinski definition) is 1. The molecule has 38 heavy (non-hydrogen) atoms. The maximum absolute atomic E-state index is 14.0. The SMILES string of the molecule is COC(=O)C1=C(C(=O)OC)C(C(=O)OC)C(NC(C)(C)C)=c2c(oc3cc(C)ccc3c2=O)=C1C(=O)OC. The first-order valence-electron chi connectivity index (χ1n) is 11.5. The first kappa shape index (κ1) is 28.2. The minimum absolute atomic E-state index is 0.102. The van der Waals surface area contributed by atoms with Crippen molar-refractivity contribution in [2.24, 2.45) is 5.92 Å². The summed E-state index contributed by atoms with van der Waals surface area (Å²) in [5.74, 6) is -6.17. The molecule has 1 aliphatic carbocycles. The molecule has 1 atom stereocenters. The monoisotopic (exact) mass is 527 g/mol. The number of nitrogens with one attached hydrogen (secondary N) is 1. The molecule has 3 rings (SSSR count). The van der Waals surface area contributed by atoms with Crippen LogP contribution in [0.1, 0.15) is 26.3 Å². The van der Waals surface area contributed by atoms with Gasteiger partial charge in [-0.05, 0) is 45.4 Å². The summed E-state index contributed by atoms with van der Waals surface area (Å²) in [4.78, 5) is 67.1. The van der Waals surface area contributed by atoms with Crippen LogP contribution in [0.4, 0.5) is 0 Å². The molecular weight excluding hydrogens is 498 g/mol. The number of aryl methyl sites for hydroxylation is 1. The van der Waals surface area contributed by atoms with Crippen LogP contribution >= 0.6 is 0 Å². The Morgan fingerprint density at radius 2 is 1.45 bits per heavy atom. The highest BCUT2D eigenvalue weighted by atomic mass is 16.5. The van der Waals surface area contributed by atoms with E-state index >= 15 is 0 Å². The second-order valence-corrected chi connectivity index (χ2v) is 9.52. The smallest absolute Gasteiger partial charge is 0.342 e. The maximum atomic E-state index is 14.0. The fraction of sp³-hybridized carbons (Fsp3) is 0.370. The van der Waals surface area contributed by atoms with Gasteiger partial charge in [-0.3, -0.25) is 9.59 Å². The van der Waals surface area contributed by atoms with Crippen LogP contribution in [0.5, 0.6) is 0 Å². The first-order chi connectivity index (χ1) is 17.8. The molecule has 1 aromatic heterocycles. The molecule has 11 nitrogen and oxygen atoms in total. The van der Waals surface area contributed by atoms with Gasteiger partial charge in [-0.15, -0.1) is 0 Å². The van der Waals surface area contributed by atoms with E-state index in [0.29, 0.717) is 0 Å². The molecule has 1 unspecified atom stereocenters. The normalized spacial score (nSPS) is 15.4. The van der Waals surface area contributed by atoms with Crippen LogP contribution in [0.2, 0.25) is 0 Å². The molecule has 0 spiro atoms. The molecule has 1 aromatic carbocycles. The van der Waals surface area contributed by atoms with E-state index in [1.807, 2.05) is 0 Å². The molecule has 0 radical (unpaired) electrons. The zero-order valence-electron chi connectivity index (χ0n) is 22.4. The lowest BCUT2D eigenvalue weighted by molar-refractivity contribution is -0.146. The molecule has 0 aliphatic heterocycles. The van der Waals surface area contributed by atoms with Gasteiger partial charge in [0.2, 0.25) is 5.43 Å². The Morgan fingerprint density at radius 1 is 0.868 bits per heavy atom. The number of carbonyl (C=O) groups excluding carboxylic acids is 4. The summed E-state index contributed by atoms with van der Waals surface area (Å²) < 4.78 is 25.9. The number of carbonyl (C=O) groups is 4. The van der Waals surface area contributed by atoms with Crippen molar-refractivity contribution in [3.8, 4) is 0 Å². The van der Waals surface area contributed by atoms with Crippen LogP contribution in [0, 0.1) is 12.8 Å². The molecule has 0 saturated heterocycles. The van der Waals surface area contributed by atoms with Crippen molar-refractivity contribution >= 4 is 46.1 Å². The van der Waals surface area contributed by atoms with Gasteiger partial charge in [-0.25, -0.2) is 14.4 Å². The third-order valence-corrected chi connectivity index (χ3v) is 5.77. The Bertz CT molecular complexity index is 1570. The number of methoxy groups -OCH3 is 4. The Balaban J connectivity index is 2.89. The largest absolute Gasteiger partial charge is 0.468 e. The average Bonchev–Trinajstić information content (AvgIpc) is 2.98. The third-order valence-electron chi connectivity index (χ3n) is 5.77. The topological polar surface area (TPSA) is 147 Å². The second-order valence-electron chi connectivity index (χ2n) is 9.52. The van der Waals surface area contributed by atoms with Gasteiger partial charge in [0.25, 0.3) is 0 Å². The molecule has 1 aliphatic rings. The average molecular weight is 528 g/mol. The van der Waals surface area contributed by atoms with Crippen molar-refractivity contribution in [2.45, 2.75) is 33.2 Å². The van der Waals surface area contributed by atoms with E-state index in [0.717, 1.165) is 34.0 Å². The zero-order valence-corrected chi connectivity index (χ0v) is 22.4. The first-order valence-corrected chi connectivity index (χ1v) is 11.5. The van der Waals surface area contributed by atoms with E-state index in [1.165, 1.54) is 6.07 Å². The summed E-state index contributed by atoms with van der Waals surface area (Å²) in [6.45, 7) is 7.02. The summed E-state index contributed by atoms with van der Waals surface area (Å²) in [6.07, 6.45) is 0. The van der Waals surface area contributed by atoms with Gasteiger partial charge in [0, 0.05) is 11.2 Å². The van der Waals surface area contributed by atoms with E-state index in [-0.39, 0.29) is 27.3 Å². The lowest BCUT2D eigenvalue weighted by Gasteiger charge is -2.29. The number of ether oxygens (including phenoxy) is 4. The molecule has 1 N–H and O–H groups in total. The molecule has 0 saturated carbocycles.